The molecule has 1 N–H and O–H groups in total. The highest BCUT2D eigenvalue weighted by molar-refractivity contribution is 6.00. The van der Waals surface area contributed by atoms with Crippen LogP contribution in [0.1, 0.15) is 35.9 Å². The monoisotopic (exact) mass is 477 g/mol. The van der Waals surface area contributed by atoms with E-state index in [1.54, 1.807) is 12.4 Å². The van der Waals surface area contributed by atoms with Crippen molar-refractivity contribution in [3.63, 3.8) is 0 Å². The van der Waals surface area contributed by atoms with Gasteiger partial charge in [0.25, 0.3) is 0 Å². The van der Waals surface area contributed by atoms with Crippen molar-refractivity contribution in [1.82, 2.24) is 19.7 Å². The summed E-state index contributed by atoms with van der Waals surface area (Å²) in [7, 11) is 0. The van der Waals surface area contributed by atoms with Gasteiger partial charge >= 0.3 is 0 Å². The molecule has 4 heterocycles. The first-order valence-corrected chi connectivity index (χ1v) is 12.1. The molecule has 0 saturated carbocycles. The zero-order valence-corrected chi connectivity index (χ0v) is 19.4. The van der Waals surface area contributed by atoms with Crippen LogP contribution < -0.4 is 14.8 Å². The molecular formula is C28H23N5O3. The van der Waals surface area contributed by atoms with E-state index >= 15 is 0 Å². The van der Waals surface area contributed by atoms with E-state index in [0.717, 1.165) is 28.8 Å². The Labute approximate surface area is 207 Å². The number of hydrogen-bond donors (Lipinski definition) is 1. The number of fused-ring (bicyclic) bond motifs is 2. The Balaban J connectivity index is 1.36. The average Bonchev–Trinajstić information content (AvgIpc) is 3.36. The summed E-state index contributed by atoms with van der Waals surface area (Å²) in [6.45, 7) is 1.02. The Morgan fingerprint density at radius 3 is 2.53 bits per heavy atom. The Morgan fingerprint density at radius 2 is 1.69 bits per heavy atom. The van der Waals surface area contributed by atoms with Gasteiger partial charge in [-0.3, -0.25) is 9.78 Å². The molecule has 2 aromatic carbocycles. The van der Waals surface area contributed by atoms with Gasteiger partial charge in [-0.2, -0.15) is 4.98 Å². The lowest BCUT2D eigenvalue weighted by atomic mass is 9.78. The summed E-state index contributed by atoms with van der Waals surface area (Å²) in [5.41, 5.74) is 4.58. The molecule has 0 amide bonds. The molecule has 0 spiro atoms. The standard InChI is InChI=1S/C28H23N5O3/c34-22-15-20(17-4-2-1-3-5-17)14-21-25(22)26(19-6-7-23-24(16-19)36-13-12-35-23)33-28(30-21)31-27(32-33)18-8-10-29-11-9-18/h1-11,16,20,26H,12-15H2,(H,30,31,32). The second-order valence-electron chi connectivity index (χ2n) is 9.20. The van der Waals surface area contributed by atoms with Crippen LogP contribution in [0.25, 0.3) is 11.4 Å². The predicted octanol–water partition coefficient (Wildman–Crippen LogP) is 4.53. The fourth-order valence-corrected chi connectivity index (χ4v) is 5.33. The molecule has 7 rings (SSSR count). The summed E-state index contributed by atoms with van der Waals surface area (Å²) in [6.07, 6.45) is 4.62. The van der Waals surface area contributed by atoms with Crippen molar-refractivity contribution in [3.05, 3.63) is 95.5 Å². The van der Waals surface area contributed by atoms with Gasteiger partial charge < -0.3 is 14.8 Å². The molecule has 178 valence electrons. The number of allylic oxidation sites excluding steroid dienone is 2. The highest BCUT2D eigenvalue weighted by atomic mass is 16.6. The Bertz CT molecular complexity index is 1500. The fraction of sp³-hybridized carbons (Fsp3) is 0.214. The van der Waals surface area contributed by atoms with Crippen molar-refractivity contribution in [2.75, 3.05) is 18.5 Å². The SMILES string of the molecule is O=C1CC(c2ccccc2)CC2=C1C(c1ccc3c(c1)OCCO3)n1nc(-c3ccncc3)nc1N2. The molecular weight excluding hydrogens is 454 g/mol. The summed E-state index contributed by atoms with van der Waals surface area (Å²) in [5.74, 6) is 2.81. The Morgan fingerprint density at radius 1 is 0.889 bits per heavy atom. The van der Waals surface area contributed by atoms with Crippen LogP contribution in [-0.4, -0.2) is 38.7 Å². The molecule has 2 aliphatic heterocycles. The lowest BCUT2D eigenvalue weighted by Gasteiger charge is -2.35. The maximum absolute atomic E-state index is 13.7. The number of rotatable bonds is 3. The molecule has 0 fully saturated rings. The van der Waals surface area contributed by atoms with Crippen molar-refractivity contribution in [3.8, 4) is 22.9 Å². The van der Waals surface area contributed by atoms with E-state index in [9.17, 15) is 4.79 Å². The lowest BCUT2D eigenvalue weighted by Crippen LogP contribution is -2.33. The summed E-state index contributed by atoms with van der Waals surface area (Å²) >= 11 is 0. The van der Waals surface area contributed by atoms with E-state index < -0.39 is 6.04 Å². The number of carbonyl (C=O) groups excluding carboxylic acids is 1. The third-order valence-corrected chi connectivity index (χ3v) is 7.01. The molecule has 1 aliphatic carbocycles. The van der Waals surface area contributed by atoms with E-state index in [4.69, 9.17) is 19.6 Å². The topological polar surface area (TPSA) is 91.2 Å². The second kappa shape index (κ2) is 8.34. The smallest absolute Gasteiger partial charge is 0.226 e. The number of ketones is 1. The zero-order chi connectivity index (χ0) is 24.1. The second-order valence-corrected chi connectivity index (χ2v) is 9.20. The molecule has 8 heteroatoms. The maximum atomic E-state index is 13.7. The number of nitrogens with zero attached hydrogens (tertiary/aromatic N) is 4. The minimum Gasteiger partial charge on any atom is -0.486 e. The van der Waals surface area contributed by atoms with E-state index in [-0.39, 0.29) is 11.7 Å². The first-order valence-electron chi connectivity index (χ1n) is 12.1. The molecule has 3 aliphatic rings. The molecule has 0 bridgehead atoms. The third kappa shape index (κ3) is 3.45. The highest BCUT2D eigenvalue weighted by Gasteiger charge is 2.40. The van der Waals surface area contributed by atoms with Crippen molar-refractivity contribution in [2.24, 2.45) is 0 Å². The average molecular weight is 478 g/mol. The van der Waals surface area contributed by atoms with Gasteiger partial charge in [-0.15, -0.1) is 5.10 Å². The molecule has 4 aromatic rings. The number of hydrogen-bond acceptors (Lipinski definition) is 7. The Hall–Kier alpha value is -4.46. The largest absolute Gasteiger partial charge is 0.486 e. The minimum atomic E-state index is -0.417. The van der Waals surface area contributed by atoms with Crippen molar-refractivity contribution in [2.45, 2.75) is 24.8 Å². The van der Waals surface area contributed by atoms with Crippen LogP contribution in [0.15, 0.2) is 84.3 Å². The van der Waals surface area contributed by atoms with Gasteiger partial charge in [0.1, 0.15) is 19.3 Å². The van der Waals surface area contributed by atoms with E-state index in [1.807, 2.05) is 53.2 Å². The van der Waals surface area contributed by atoms with Crippen molar-refractivity contribution >= 4 is 11.7 Å². The van der Waals surface area contributed by atoms with Crippen molar-refractivity contribution in [1.29, 1.82) is 0 Å². The van der Waals surface area contributed by atoms with Crippen LogP contribution in [0.2, 0.25) is 0 Å². The number of Topliss-reactive ketones (excluding diaryl/α,β-unsaturated/α-hetero) is 1. The van der Waals surface area contributed by atoms with Gasteiger partial charge in [0.2, 0.25) is 5.95 Å². The summed E-state index contributed by atoms with van der Waals surface area (Å²) in [6, 6.07) is 19.4. The van der Waals surface area contributed by atoms with Gasteiger partial charge in [-0.25, -0.2) is 4.68 Å². The summed E-state index contributed by atoms with van der Waals surface area (Å²) in [4.78, 5) is 22.7. The molecule has 36 heavy (non-hydrogen) atoms. The van der Waals surface area contributed by atoms with Crippen LogP contribution in [-0.2, 0) is 4.79 Å². The van der Waals surface area contributed by atoms with Gasteiger partial charge in [-0.1, -0.05) is 36.4 Å². The quantitative estimate of drug-likeness (QED) is 0.464. The van der Waals surface area contributed by atoms with Gasteiger partial charge in [0.15, 0.2) is 23.1 Å². The van der Waals surface area contributed by atoms with Crippen LogP contribution >= 0.6 is 0 Å². The minimum absolute atomic E-state index is 0.111. The molecule has 2 aromatic heterocycles. The first-order chi connectivity index (χ1) is 17.7. The van der Waals surface area contributed by atoms with Gasteiger partial charge in [-0.05, 0) is 47.7 Å². The number of nitrogens with one attached hydrogen (secondary N) is 1. The molecule has 0 radical (unpaired) electrons. The maximum Gasteiger partial charge on any atom is 0.226 e. The predicted molar refractivity (Wildman–Crippen MR) is 133 cm³/mol. The molecule has 8 nitrogen and oxygen atoms in total. The fourth-order valence-electron chi connectivity index (χ4n) is 5.33. The molecule has 2 unspecified atom stereocenters. The van der Waals surface area contributed by atoms with Gasteiger partial charge in [0.05, 0.1) is 0 Å². The number of anilines is 1. The zero-order valence-electron chi connectivity index (χ0n) is 19.4. The van der Waals surface area contributed by atoms with Crippen LogP contribution in [0.3, 0.4) is 0 Å². The van der Waals surface area contributed by atoms with Crippen LogP contribution in [0.5, 0.6) is 11.5 Å². The van der Waals surface area contributed by atoms with Gasteiger partial charge in [0, 0.05) is 35.6 Å². The Kier molecular flexibility index (Phi) is 4.83. The summed E-state index contributed by atoms with van der Waals surface area (Å²) < 4.78 is 13.4. The van der Waals surface area contributed by atoms with Crippen molar-refractivity contribution < 1.29 is 14.3 Å². The number of pyridine rings is 1. The number of ether oxygens (including phenoxy) is 2. The summed E-state index contributed by atoms with van der Waals surface area (Å²) in [5, 5.41) is 8.31. The number of carbonyl (C=O) groups is 1. The number of aromatic nitrogens is 4. The van der Waals surface area contributed by atoms with E-state index in [2.05, 4.69) is 22.4 Å². The van der Waals surface area contributed by atoms with E-state index in [0.29, 0.717) is 42.9 Å². The molecule has 0 saturated heterocycles. The van der Waals surface area contributed by atoms with E-state index in [1.165, 1.54) is 5.56 Å². The normalized spacial score (nSPS) is 20.4. The highest BCUT2D eigenvalue weighted by Crippen LogP contribution is 2.45. The third-order valence-electron chi connectivity index (χ3n) is 7.01. The lowest BCUT2D eigenvalue weighted by molar-refractivity contribution is -0.116. The van der Waals surface area contributed by atoms with Crippen LogP contribution in [0.4, 0.5) is 5.95 Å². The first kappa shape index (κ1) is 20.9. The number of benzene rings is 2. The van der Waals surface area contributed by atoms with Crippen LogP contribution in [0, 0.1) is 0 Å². The molecule has 2 atom stereocenters.